The topological polar surface area (TPSA) is 35.6 Å². The first-order valence-electron chi connectivity index (χ1n) is 9.01. The summed E-state index contributed by atoms with van der Waals surface area (Å²) in [6, 6.07) is 0.614. The molecule has 0 bridgehead atoms. The van der Waals surface area contributed by atoms with Crippen molar-refractivity contribution < 1.29 is 4.79 Å². The fourth-order valence-electron chi connectivity index (χ4n) is 4.36. The first-order chi connectivity index (χ1) is 10.3. The van der Waals surface area contributed by atoms with Crippen molar-refractivity contribution in [2.45, 2.75) is 51.5 Å². The quantitative estimate of drug-likeness (QED) is 0.861. The molecule has 22 heavy (non-hydrogen) atoms. The summed E-state index contributed by atoms with van der Waals surface area (Å²) >= 11 is 0. The van der Waals surface area contributed by atoms with E-state index in [1.165, 1.54) is 25.7 Å². The molecule has 2 heterocycles. The zero-order chi connectivity index (χ0) is 14.7. The van der Waals surface area contributed by atoms with E-state index < -0.39 is 0 Å². The minimum absolute atomic E-state index is 0. The van der Waals surface area contributed by atoms with Crippen molar-refractivity contribution in [3.8, 4) is 0 Å². The largest absolute Gasteiger partial charge is 0.341 e. The highest BCUT2D eigenvalue weighted by Gasteiger charge is 2.35. The molecule has 0 aromatic heterocycles. The second kappa shape index (κ2) is 8.51. The Hall–Kier alpha value is -0.320. The number of piperazine rings is 1. The van der Waals surface area contributed by atoms with Gasteiger partial charge in [-0.05, 0) is 38.0 Å². The maximum atomic E-state index is 12.7. The van der Waals surface area contributed by atoms with Gasteiger partial charge in [-0.3, -0.25) is 9.69 Å². The highest BCUT2D eigenvalue weighted by atomic mass is 35.5. The van der Waals surface area contributed by atoms with Gasteiger partial charge in [0.25, 0.3) is 0 Å². The molecule has 0 aromatic carbocycles. The molecule has 5 heteroatoms. The van der Waals surface area contributed by atoms with Gasteiger partial charge in [0.05, 0.1) is 0 Å². The van der Waals surface area contributed by atoms with Crippen molar-refractivity contribution in [2.75, 3.05) is 39.3 Å². The second-order valence-electron chi connectivity index (χ2n) is 7.14. The van der Waals surface area contributed by atoms with E-state index in [-0.39, 0.29) is 12.4 Å². The van der Waals surface area contributed by atoms with Gasteiger partial charge in [0.2, 0.25) is 5.91 Å². The van der Waals surface area contributed by atoms with Crippen LogP contribution in [0.5, 0.6) is 0 Å². The third kappa shape index (κ3) is 4.15. The molecule has 0 spiro atoms. The Morgan fingerprint density at radius 1 is 1.05 bits per heavy atom. The van der Waals surface area contributed by atoms with Crippen molar-refractivity contribution in [1.29, 1.82) is 0 Å². The maximum absolute atomic E-state index is 12.7. The predicted octanol–water partition coefficient (Wildman–Crippen LogP) is 2.13. The summed E-state index contributed by atoms with van der Waals surface area (Å²) in [5.41, 5.74) is 0. The Bertz CT molecular complexity index is 352. The summed E-state index contributed by atoms with van der Waals surface area (Å²) in [5.74, 6) is 1.66. The summed E-state index contributed by atoms with van der Waals surface area (Å²) < 4.78 is 0. The van der Waals surface area contributed by atoms with Crippen molar-refractivity contribution in [3.63, 3.8) is 0 Å². The average Bonchev–Trinajstić information content (AvgIpc) is 3.05. The summed E-state index contributed by atoms with van der Waals surface area (Å²) in [5, 5.41) is 3.41. The van der Waals surface area contributed by atoms with E-state index in [2.05, 4.69) is 22.0 Å². The van der Waals surface area contributed by atoms with Crippen molar-refractivity contribution in [2.24, 2.45) is 11.8 Å². The fourth-order valence-corrected chi connectivity index (χ4v) is 4.36. The molecule has 3 aliphatic rings. The number of nitrogens with one attached hydrogen (secondary N) is 1. The average molecular weight is 330 g/mol. The Morgan fingerprint density at radius 3 is 2.36 bits per heavy atom. The van der Waals surface area contributed by atoms with Crippen LogP contribution in [0.2, 0.25) is 0 Å². The van der Waals surface area contributed by atoms with Gasteiger partial charge in [0.1, 0.15) is 0 Å². The first kappa shape index (κ1) is 18.0. The van der Waals surface area contributed by atoms with Crippen LogP contribution >= 0.6 is 12.4 Å². The number of nitrogens with zero attached hydrogens (tertiary/aromatic N) is 2. The van der Waals surface area contributed by atoms with Gasteiger partial charge in [0, 0.05) is 51.2 Å². The fraction of sp³-hybridized carbons (Fsp3) is 0.941. The minimum atomic E-state index is 0. The van der Waals surface area contributed by atoms with Gasteiger partial charge >= 0.3 is 0 Å². The summed E-state index contributed by atoms with van der Waals surface area (Å²) in [4.78, 5) is 17.5. The highest BCUT2D eigenvalue weighted by molar-refractivity contribution is 5.85. The van der Waals surface area contributed by atoms with E-state index in [9.17, 15) is 4.79 Å². The van der Waals surface area contributed by atoms with Crippen molar-refractivity contribution >= 4 is 18.3 Å². The monoisotopic (exact) mass is 329 g/mol. The van der Waals surface area contributed by atoms with Crippen molar-refractivity contribution in [1.82, 2.24) is 15.1 Å². The number of carbonyl (C=O) groups excluding carboxylic acids is 1. The lowest BCUT2D eigenvalue weighted by atomic mass is 9.80. The molecule has 2 aliphatic heterocycles. The molecule has 3 fully saturated rings. The normalized spacial score (nSPS) is 33.5. The van der Waals surface area contributed by atoms with E-state index in [0.29, 0.717) is 17.9 Å². The van der Waals surface area contributed by atoms with Gasteiger partial charge in [-0.15, -0.1) is 12.4 Å². The smallest absolute Gasteiger partial charge is 0.225 e. The van der Waals surface area contributed by atoms with Crippen LogP contribution in [0.15, 0.2) is 0 Å². The standard InChI is InChI=1S/C17H31N3O.ClH/c1-2-14-3-5-15(6-4-14)17(21)20-10-7-16(13-20)19-11-8-18-9-12-19;/h14-16,18H,2-13H2,1H3;1H. The van der Waals surface area contributed by atoms with E-state index >= 15 is 0 Å². The SMILES string of the molecule is CCC1CCC(C(=O)N2CCC(N3CCNCC3)C2)CC1.Cl. The molecule has 1 atom stereocenters. The van der Waals surface area contributed by atoms with Gasteiger partial charge in [-0.2, -0.15) is 0 Å². The molecule has 3 rings (SSSR count). The minimum Gasteiger partial charge on any atom is -0.341 e. The number of hydrogen-bond donors (Lipinski definition) is 1. The predicted molar refractivity (Wildman–Crippen MR) is 92.4 cm³/mol. The molecular weight excluding hydrogens is 298 g/mol. The summed E-state index contributed by atoms with van der Waals surface area (Å²) in [6.07, 6.45) is 7.26. The molecule has 2 saturated heterocycles. The van der Waals surface area contributed by atoms with Crippen LogP contribution in [0.25, 0.3) is 0 Å². The van der Waals surface area contributed by atoms with Crippen LogP contribution in [0.1, 0.15) is 45.4 Å². The lowest BCUT2D eigenvalue weighted by Gasteiger charge is -2.33. The van der Waals surface area contributed by atoms with E-state index in [1.54, 1.807) is 0 Å². The highest BCUT2D eigenvalue weighted by Crippen LogP contribution is 2.32. The third-order valence-corrected chi connectivity index (χ3v) is 5.92. The summed E-state index contributed by atoms with van der Waals surface area (Å²) in [6.45, 7) is 8.75. The van der Waals surface area contributed by atoms with Gasteiger partial charge < -0.3 is 10.2 Å². The molecule has 1 N–H and O–H groups in total. The number of likely N-dealkylation sites (tertiary alicyclic amines) is 1. The molecule has 0 aromatic rings. The Balaban J connectivity index is 0.00000176. The lowest BCUT2D eigenvalue weighted by molar-refractivity contribution is -0.136. The van der Waals surface area contributed by atoms with Crippen LogP contribution in [0.4, 0.5) is 0 Å². The van der Waals surface area contributed by atoms with E-state index in [4.69, 9.17) is 0 Å². The van der Waals surface area contributed by atoms with Crippen LogP contribution in [-0.2, 0) is 4.79 Å². The number of amides is 1. The Kier molecular flexibility index (Phi) is 6.97. The van der Waals surface area contributed by atoms with Crippen LogP contribution in [-0.4, -0.2) is 61.0 Å². The number of carbonyl (C=O) groups is 1. The molecule has 1 saturated carbocycles. The lowest BCUT2D eigenvalue weighted by Crippen LogP contribution is -2.49. The van der Waals surface area contributed by atoms with E-state index in [0.717, 1.165) is 58.0 Å². The molecule has 1 aliphatic carbocycles. The zero-order valence-electron chi connectivity index (χ0n) is 13.9. The van der Waals surface area contributed by atoms with Crippen molar-refractivity contribution in [3.05, 3.63) is 0 Å². The number of rotatable bonds is 3. The molecule has 4 nitrogen and oxygen atoms in total. The molecular formula is C17H32ClN3O. The van der Waals surface area contributed by atoms with Crippen LogP contribution in [0.3, 0.4) is 0 Å². The third-order valence-electron chi connectivity index (χ3n) is 5.92. The Morgan fingerprint density at radius 2 is 1.73 bits per heavy atom. The van der Waals surface area contributed by atoms with Gasteiger partial charge in [-0.1, -0.05) is 13.3 Å². The molecule has 128 valence electrons. The molecule has 1 unspecified atom stereocenters. The van der Waals surface area contributed by atoms with Gasteiger partial charge in [0.15, 0.2) is 0 Å². The number of halogens is 1. The molecule has 1 amide bonds. The Labute approximate surface area is 141 Å². The summed E-state index contributed by atoms with van der Waals surface area (Å²) in [7, 11) is 0. The maximum Gasteiger partial charge on any atom is 0.225 e. The zero-order valence-corrected chi connectivity index (χ0v) is 14.7. The van der Waals surface area contributed by atoms with E-state index in [1.807, 2.05) is 0 Å². The second-order valence-corrected chi connectivity index (χ2v) is 7.14. The first-order valence-corrected chi connectivity index (χ1v) is 9.01. The number of hydrogen-bond acceptors (Lipinski definition) is 3. The van der Waals surface area contributed by atoms with Gasteiger partial charge in [-0.25, -0.2) is 0 Å². The van der Waals surface area contributed by atoms with Crippen LogP contribution in [0, 0.1) is 11.8 Å². The van der Waals surface area contributed by atoms with Crippen LogP contribution < -0.4 is 5.32 Å². The molecule has 0 radical (unpaired) electrons.